The first-order valence-electron chi connectivity index (χ1n) is 7.33. The van der Waals surface area contributed by atoms with E-state index in [1.807, 2.05) is 0 Å². The minimum absolute atomic E-state index is 0.589. The van der Waals surface area contributed by atoms with Crippen LogP contribution < -0.4 is 10.2 Å². The van der Waals surface area contributed by atoms with Crippen molar-refractivity contribution in [3.05, 3.63) is 29.8 Å². The standard InChI is InChI=1S/C16H26N2/c1-4-6-15-12-18(13(3)11-17-15)16-9-7-14(5-2)8-10-16/h7-10,13,15,17H,4-6,11-12H2,1-3H3. The number of nitrogens with one attached hydrogen (secondary N) is 1. The van der Waals surface area contributed by atoms with Crippen molar-refractivity contribution in [3.8, 4) is 0 Å². The Morgan fingerprint density at radius 2 is 1.94 bits per heavy atom. The van der Waals surface area contributed by atoms with E-state index in [2.05, 4.69) is 55.3 Å². The van der Waals surface area contributed by atoms with E-state index in [9.17, 15) is 0 Å². The zero-order chi connectivity index (χ0) is 13.0. The minimum Gasteiger partial charge on any atom is -0.366 e. The van der Waals surface area contributed by atoms with Crippen LogP contribution in [0.4, 0.5) is 5.69 Å². The maximum Gasteiger partial charge on any atom is 0.0387 e. The van der Waals surface area contributed by atoms with Crippen LogP contribution in [0.1, 0.15) is 39.2 Å². The summed E-state index contributed by atoms with van der Waals surface area (Å²) in [5, 5.41) is 3.65. The van der Waals surface area contributed by atoms with Gasteiger partial charge in [-0.05, 0) is 37.5 Å². The largest absolute Gasteiger partial charge is 0.366 e. The van der Waals surface area contributed by atoms with Gasteiger partial charge >= 0.3 is 0 Å². The Morgan fingerprint density at radius 1 is 1.22 bits per heavy atom. The molecule has 18 heavy (non-hydrogen) atoms. The smallest absolute Gasteiger partial charge is 0.0387 e. The molecule has 2 heteroatoms. The molecule has 2 unspecified atom stereocenters. The van der Waals surface area contributed by atoms with Gasteiger partial charge in [0.1, 0.15) is 0 Å². The van der Waals surface area contributed by atoms with Crippen molar-refractivity contribution >= 4 is 5.69 Å². The van der Waals surface area contributed by atoms with E-state index in [0.29, 0.717) is 12.1 Å². The first-order valence-corrected chi connectivity index (χ1v) is 7.33. The van der Waals surface area contributed by atoms with Gasteiger partial charge < -0.3 is 10.2 Å². The highest BCUT2D eigenvalue weighted by atomic mass is 15.2. The fourth-order valence-electron chi connectivity index (χ4n) is 2.75. The molecule has 1 aromatic rings. The molecule has 100 valence electrons. The van der Waals surface area contributed by atoms with Gasteiger partial charge in [0.25, 0.3) is 0 Å². The SMILES string of the molecule is CCCC1CN(c2ccc(CC)cc2)C(C)CN1. The lowest BCUT2D eigenvalue weighted by Crippen LogP contribution is -2.55. The molecule has 0 amide bonds. The fourth-order valence-corrected chi connectivity index (χ4v) is 2.75. The molecule has 0 radical (unpaired) electrons. The summed E-state index contributed by atoms with van der Waals surface area (Å²) in [6, 6.07) is 10.3. The number of aryl methyl sites for hydroxylation is 1. The molecule has 1 aliphatic rings. The molecule has 1 N–H and O–H groups in total. The third-order valence-electron chi connectivity index (χ3n) is 3.96. The third kappa shape index (κ3) is 3.05. The molecule has 1 heterocycles. The quantitative estimate of drug-likeness (QED) is 0.877. The molecule has 0 bridgehead atoms. The van der Waals surface area contributed by atoms with Gasteiger partial charge in [0.2, 0.25) is 0 Å². The highest BCUT2D eigenvalue weighted by Gasteiger charge is 2.24. The van der Waals surface area contributed by atoms with E-state index in [0.717, 1.165) is 19.5 Å². The number of nitrogens with zero attached hydrogens (tertiary/aromatic N) is 1. The second kappa shape index (κ2) is 6.24. The maximum absolute atomic E-state index is 3.65. The molecule has 2 nitrogen and oxygen atoms in total. The number of hydrogen-bond acceptors (Lipinski definition) is 2. The Labute approximate surface area is 111 Å². The molecule has 2 rings (SSSR count). The topological polar surface area (TPSA) is 15.3 Å². The second-order valence-corrected chi connectivity index (χ2v) is 5.42. The van der Waals surface area contributed by atoms with Crippen molar-refractivity contribution in [1.29, 1.82) is 0 Å². The Bertz CT molecular complexity index is 358. The van der Waals surface area contributed by atoms with Crippen LogP contribution in [-0.2, 0) is 6.42 Å². The summed E-state index contributed by atoms with van der Waals surface area (Å²) in [5.41, 5.74) is 2.80. The van der Waals surface area contributed by atoms with Gasteiger partial charge in [-0.25, -0.2) is 0 Å². The molecule has 0 saturated carbocycles. The zero-order valence-electron chi connectivity index (χ0n) is 11.9. The summed E-state index contributed by atoms with van der Waals surface area (Å²) >= 11 is 0. The van der Waals surface area contributed by atoms with Crippen LogP contribution >= 0.6 is 0 Å². The molecule has 0 aromatic heterocycles. The average Bonchev–Trinajstić information content (AvgIpc) is 2.41. The van der Waals surface area contributed by atoms with E-state index in [1.165, 1.54) is 24.1 Å². The Morgan fingerprint density at radius 3 is 2.56 bits per heavy atom. The molecule has 0 aliphatic carbocycles. The highest BCUT2D eigenvalue weighted by Crippen LogP contribution is 2.21. The Balaban J connectivity index is 2.08. The summed E-state index contributed by atoms with van der Waals surface area (Å²) in [5.74, 6) is 0. The lowest BCUT2D eigenvalue weighted by molar-refractivity contribution is 0.386. The predicted molar refractivity (Wildman–Crippen MR) is 79.3 cm³/mol. The van der Waals surface area contributed by atoms with Gasteiger partial charge in [-0.3, -0.25) is 0 Å². The highest BCUT2D eigenvalue weighted by molar-refractivity contribution is 5.49. The van der Waals surface area contributed by atoms with Gasteiger partial charge in [0, 0.05) is 30.9 Å². The zero-order valence-corrected chi connectivity index (χ0v) is 11.9. The van der Waals surface area contributed by atoms with Crippen LogP contribution in [0.3, 0.4) is 0 Å². The molecule has 1 fully saturated rings. The summed E-state index contributed by atoms with van der Waals surface area (Å²) in [6.07, 6.45) is 3.65. The van der Waals surface area contributed by atoms with E-state index < -0.39 is 0 Å². The molecule has 1 aliphatic heterocycles. The van der Waals surface area contributed by atoms with Gasteiger partial charge in [0.15, 0.2) is 0 Å². The van der Waals surface area contributed by atoms with Crippen molar-refractivity contribution in [1.82, 2.24) is 5.32 Å². The predicted octanol–water partition coefficient (Wildman–Crippen LogP) is 3.22. The molecule has 2 atom stereocenters. The van der Waals surface area contributed by atoms with Crippen LogP contribution in [0.2, 0.25) is 0 Å². The fraction of sp³-hybridized carbons (Fsp3) is 0.625. The Kier molecular flexibility index (Phi) is 4.65. The van der Waals surface area contributed by atoms with Gasteiger partial charge in [-0.1, -0.05) is 32.4 Å². The monoisotopic (exact) mass is 246 g/mol. The second-order valence-electron chi connectivity index (χ2n) is 5.42. The van der Waals surface area contributed by atoms with Gasteiger partial charge in [-0.2, -0.15) is 0 Å². The van der Waals surface area contributed by atoms with Crippen LogP contribution in [0.15, 0.2) is 24.3 Å². The number of benzene rings is 1. The lowest BCUT2D eigenvalue weighted by atomic mass is 10.0. The molecule has 1 saturated heterocycles. The molecule has 0 spiro atoms. The first-order chi connectivity index (χ1) is 8.74. The van der Waals surface area contributed by atoms with Crippen LogP contribution in [0.5, 0.6) is 0 Å². The molecule has 1 aromatic carbocycles. The summed E-state index contributed by atoms with van der Waals surface area (Å²) < 4.78 is 0. The van der Waals surface area contributed by atoms with Crippen LogP contribution in [0, 0.1) is 0 Å². The number of hydrogen-bond donors (Lipinski definition) is 1. The lowest BCUT2D eigenvalue weighted by Gasteiger charge is -2.40. The summed E-state index contributed by atoms with van der Waals surface area (Å²) in [7, 11) is 0. The van der Waals surface area contributed by atoms with Crippen molar-refractivity contribution < 1.29 is 0 Å². The van der Waals surface area contributed by atoms with Crippen molar-refractivity contribution in [3.63, 3.8) is 0 Å². The van der Waals surface area contributed by atoms with Crippen molar-refractivity contribution in [2.24, 2.45) is 0 Å². The Hall–Kier alpha value is -1.02. The third-order valence-corrected chi connectivity index (χ3v) is 3.96. The molecular formula is C16H26N2. The van der Waals surface area contributed by atoms with E-state index in [4.69, 9.17) is 0 Å². The maximum atomic E-state index is 3.65. The average molecular weight is 246 g/mol. The van der Waals surface area contributed by atoms with E-state index >= 15 is 0 Å². The summed E-state index contributed by atoms with van der Waals surface area (Å²) in [6.45, 7) is 9.02. The van der Waals surface area contributed by atoms with Crippen LogP contribution in [-0.4, -0.2) is 25.2 Å². The number of rotatable bonds is 4. The van der Waals surface area contributed by atoms with E-state index in [-0.39, 0.29) is 0 Å². The number of piperazine rings is 1. The van der Waals surface area contributed by atoms with Gasteiger partial charge in [0.05, 0.1) is 0 Å². The van der Waals surface area contributed by atoms with E-state index in [1.54, 1.807) is 0 Å². The van der Waals surface area contributed by atoms with Crippen LogP contribution in [0.25, 0.3) is 0 Å². The van der Waals surface area contributed by atoms with Gasteiger partial charge in [-0.15, -0.1) is 0 Å². The number of anilines is 1. The summed E-state index contributed by atoms with van der Waals surface area (Å²) in [4.78, 5) is 2.55. The van der Waals surface area contributed by atoms with Crippen molar-refractivity contribution in [2.75, 3.05) is 18.0 Å². The minimum atomic E-state index is 0.589. The first kappa shape index (κ1) is 13.4. The van der Waals surface area contributed by atoms with Crippen molar-refractivity contribution in [2.45, 2.75) is 52.1 Å². The normalized spacial score (nSPS) is 24.3. The molecular weight excluding hydrogens is 220 g/mol.